The number of aliphatic hydroxyl groups excluding tert-OH is 1. The van der Waals surface area contributed by atoms with Crippen LogP contribution in [0.2, 0.25) is 0 Å². The highest BCUT2D eigenvalue weighted by molar-refractivity contribution is 4.78. The molecule has 0 saturated carbocycles. The summed E-state index contributed by atoms with van der Waals surface area (Å²) in [5, 5.41) is 12.3. The van der Waals surface area contributed by atoms with Crippen molar-refractivity contribution in [3.63, 3.8) is 0 Å². The molecule has 0 aromatic heterocycles. The third-order valence-electron chi connectivity index (χ3n) is 2.24. The van der Waals surface area contributed by atoms with Crippen LogP contribution < -0.4 is 0 Å². The zero-order chi connectivity index (χ0) is 11.1. The number of hydrogen-bond donors (Lipinski definition) is 1. The number of ether oxygens (including phenoxy) is 2. The van der Waals surface area contributed by atoms with E-state index < -0.39 is 12.4 Å². The highest BCUT2D eigenvalue weighted by Gasteiger charge is 2.28. The SMILES string of the molecule is C/C=C\CO[C@H]1C[C@@H](O)C[C@@H](CN=O)O1. The molecule has 0 unspecified atom stereocenters. The Morgan fingerprint density at radius 1 is 1.60 bits per heavy atom. The maximum Gasteiger partial charge on any atom is 0.160 e. The zero-order valence-electron chi connectivity index (χ0n) is 8.83. The van der Waals surface area contributed by atoms with Gasteiger partial charge in [0.2, 0.25) is 0 Å². The summed E-state index contributed by atoms with van der Waals surface area (Å²) in [5.74, 6) is 0. The van der Waals surface area contributed by atoms with Crippen LogP contribution >= 0.6 is 0 Å². The molecule has 5 nitrogen and oxygen atoms in total. The van der Waals surface area contributed by atoms with E-state index in [1.54, 1.807) is 0 Å². The molecule has 5 heteroatoms. The van der Waals surface area contributed by atoms with E-state index in [0.29, 0.717) is 19.4 Å². The van der Waals surface area contributed by atoms with Gasteiger partial charge in [0.05, 0.1) is 18.8 Å². The fourth-order valence-corrected chi connectivity index (χ4v) is 1.51. The van der Waals surface area contributed by atoms with Gasteiger partial charge in [-0.3, -0.25) is 0 Å². The number of allylic oxidation sites excluding steroid dienone is 1. The average Bonchev–Trinajstić information content (AvgIpc) is 2.18. The molecule has 1 aliphatic rings. The molecule has 0 radical (unpaired) electrons. The molecule has 0 aromatic carbocycles. The van der Waals surface area contributed by atoms with E-state index >= 15 is 0 Å². The fraction of sp³-hybridized carbons (Fsp3) is 0.800. The van der Waals surface area contributed by atoms with Gasteiger partial charge in [-0.1, -0.05) is 17.3 Å². The van der Waals surface area contributed by atoms with Gasteiger partial charge in [0.15, 0.2) is 6.29 Å². The van der Waals surface area contributed by atoms with Crippen molar-refractivity contribution >= 4 is 0 Å². The van der Waals surface area contributed by atoms with Crippen LogP contribution in [0.1, 0.15) is 19.8 Å². The summed E-state index contributed by atoms with van der Waals surface area (Å²) in [5.41, 5.74) is 0. The quantitative estimate of drug-likeness (QED) is 0.553. The van der Waals surface area contributed by atoms with E-state index in [2.05, 4.69) is 5.18 Å². The summed E-state index contributed by atoms with van der Waals surface area (Å²) >= 11 is 0. The Kier molecular flexibility index (Phi) is 5.45. The molecule has 0 bridgehead atoms. The zero-order valence-corrected chi connectivity index (χ0v) is 8.83. The molecular weight excluding hydrogens is 198 g/mol. The lowest BCUT2D eigenvalue weighted by Crippen LogP contribution is -2.38. The van der Waals surface area contributed by atoms with E-state index in [1.165, 1.54) is 0 Å². The summed E-state index contributed by atoms with van der Waals surface area (Å²) in [7, 11) is 0. The predicted octanol–water partition coefficient (Wildman–Crippen LogP) is 1.21. The van der Waals surface area contributed by atoms with E-state index in [1.807, 2.05) is 19.1 Å². The fourth-order valence-electron chi connectivity index (χ4n) is 1.51. The summed E-state index contributed by atoms with van der Waals surface area (Å²) in [4.78, 5) is 10.1. The Hall–Kier alpha value is -0.780. The number of rotatable bonds is 5. The van der Waals surface area contributed by atoms with E-state index in [0.717, 1.165) is 0 Å². The van der Waals surface area contributed by atoms with E-state index in [9.17, 15) is 10.0 Å². The van der Waals surface area contributed by atoms with Gasteiger partial charge < -0.3 is 14.6 Å². The monoisotopic (exact) mass is 215 g/mol. The van der Waals surface area contributed by atoms with Crippen molar-refractivity contribution < 1.29 is 14.6 Å². The molecule has 0 aliphatic carbocycles. The van der Waals surface area contributed by atoms with Crippen LogP contribution in [0.3, 0.4) is 0 Å². The van der Waals surface area contributed by atoms with Gasteiger partial charge in [-0.2, -0.15) is 4.91 Å². The molecule has 1 aliphatic heterocycles. The molecule has 15 heavy (non-hydrogen) atoms. The van der Waals surface area contributed by atoms with Gasteiger partial charge in [-0.15, -0.1) is 0 Å². The second-order valence-electron chi connectivity index (χ2n) is 3.53. The lowest BCUT2D eigenvalue weighted by atomic mass is 10.1. The van der Waals surface area contributed by atoms with Crippen LogP contribution in [-0.4, -0.2) is 36.8 Å². The molecule has 0 spiro atoms. The van der Waals surface area contributed by atoms with Gasteiger partial charge in [-0.25, -0.2) is 0 Å². The van der Waals surface area contributed by atoms with Crippen molar-refractivity contribution in [3.8, 4) is 0 Å². The highest BCUT2D eigenvalue weighted by atomic mass is 16.7. The van der Waals surface area contributed by atoms with Crippen LogP contribution in [0.5, 0.6) is 0 Å². The molecule has 1 rings (SSSR count). The van der Waals surface area contributed by atoms with Crippen LogP contribution in [0.25, 0.3) is 0 Å². The molecule has 0 aromatic rings. The van der Waals surface area contributed by atoms with Crippen molar-refractivity contribution in [1.82, 2.24) is 0 Å². The first-order valence-corrected chi connectivity index (χ1v) is 5.11. The number of aliphatic hydroxyl groups is 1. The summed E-state index contributed by atoms with van der Waals surface area (Å²) < 4.78 is 10.8. The minimum absolute atomic E-state index is 0.0700. The van der Waals surface area contributed by atoms with Crippen LogP contribution in [0.4, 0.5) is 0 Å². The molecule has 1 fully saturated rings. The standard InChI is InChI=1S/C10H17NO4/c1-2-3-4-14-10-6-8(12)5-9(15-10)7-11-13/h2-3,8-10,12H,4-7H2,1H3/b3-2-/t8-,9-,10+/m0/s1. The molecule has 3 atom stereocenters. The van der Waals surface area contributed by atoms with Crippen LogP contribution in [0, 0.1) is 4.91 Å². The van der Waals surface area contributed by atoms with Crippen molar-refractivity contribution in [1.29, 1.82) is 0 Å². The largest absolute Gasteiger partial charge is 0.393 e. The lowest BCUT2D eigenvalue weighted by Gasteiger charge is -2.31. The molecule has 1 saturated heterocycles. The minimum Gasteiger partial charge on any atom is -0.393 e. The topological polar surface area (TPSA) is 68.1 Å². The summed E-state index contributed by atoms with van der Waals surface area (Å²) in [6.45, 7) is 2.43. The maximum absolute atomic E-state index is 10.1. The van der Waals surface area contributed by atoms with Gasteiger partial charge >= 0.3 is 0 Å². The second kappa shape index (κ2) is 6.66. The third-order valence-corrected chi connectivity index (χ3v) is 2.24. The van der Waals surface area contributed by atoms with Crippen molar-refractivity contribution in [3.05, 3.63) is 17.1 Å². The van der Waals surface area contributed by atoms with Crippen molar-refractivity contribution in [2.24, 2.45) is 5.18 Å². The Morgan fingerprint density at radius 3 is 3.07 bits per heavy atom. The van der Waals surface area contributed by atoms with Crippen molar-refractivity contribution in [2.45, 2.75) is 38.3 Å². The molecule has 0 amide bonds. The van der Waals surface area contributed by atoms with Gasteiger partial charge in [-0.05, 0) is 6.92 Å². The van der Waals surface area contributed by atoms with Crippen LogP contribution in [-0.2, 0) is 9.47 Å². The normalized spacial score (nSPS) is 32.0. The number of hydrogen-bond acceptors (Lipinski definition) is 5. The summed E-state index contributed by atoms with van der Waals surface area (Å²) in [6, 6.07) is 0. The van der Waals surface area contributed by atoms with Crippen molar-refractivity contribution in [2.75, 3.05) is 13.2 Å². The third kappa shape index (κ3) is 4.51. The van der Waals surface area contributed by atoms with Gasteiger partial charge in [0, 0.05) is 12.8 Å². The first-order valence-electron chi connectivity index (χ1n) is 5.11. The van der Waals surface area contributed by atoms with Crippen LogP contribution in [0.15, 0.2) is 17.3 Å². The molecule has 86 valence electrons. The highest BCUT2D eigenvalue weighted by Crippen LogP contribution is 2.20. The summed E-state index contributed by atoms with van der Waals surface area (Å²) in [6.07, 6.45) is 3.42. The Bertz CT molecular complexity index is 219. The first kappa shape index (κ1) is 12.3. The second-order valence-corrected chi connectivity index (χ2v) is 3.53. The predicted molar refractivity (Wildman–Crippen MR) is 55.3 cm³/mol. The van der Waals surface area contributed by atoms with E-state index in [-0.39, 0.29) is 12.6 Å². The smallest absolute Gasteiger partial charge is 0.160 e. The van der Waals surface area contributed by atoms with Gasteiger partial charge in [0.25, 0.3) is 0 Å². The minimum atomic E-state index is -0.471. The lowest BCUT2D eigenvalue weighted by molar-refractivity contribution is -0.207. The molecule has 1 N–H and O–H groups in total. The maximum atomic E-state index is 10.1. The van der Waals surface area contributed by atoms with E-state index in [4.69, 9.17) is 9.47 Å². The average molecular weight is 215 g/mol. The first-order chi connectivity index (χ1) is 7.26. The molecule has 1 heterocycles. The Balaban J connectivity index is 2.33. The number of nitrogens with zero attached hydrogens (tertiary/aromatic N) is 1. The number of nitroso groups, excluding NO2 is 1. The Morgan fingerprint density at radius 2 is 2.40 bits per heavy atom. The molecular formula is C10H17NO4. The van der Waals surface area contributed by atoms with Gasteiger partial charge in [0.1, 0.15) is 6.54 Å². The Labute approximate surface area is 89.0 Å².